The molecule has 4 rings (SSSR count). The van der Waals surface area contributed by atoms with Gasteiger partial charge >= 0.3 is 6.03 Å². The number of urea groups is 1. The van der Waals surface area contributed by atoms with Crippen LogP contribution >= 0.6 is 0 Å². The fourth-order valence-corrected chi connectivity index (χ4v) is 3.96. The van der Waals surface area contributed by atoms with E-state index in [9.17, 15) is 9.59 Å². The molecule has 0 bridgehead atoms. The Hall–Kier alpha value is -2.34. The zero-order chi connectivity index (χ0) is 17.4. The molecular formula is C19H24N4O2. The summed E-state index contributed by atoms with van der Waals surface area (Å²) < 4.78 is 1.55. The molecular weight excluding hydrogens is 316 g/mol. The van der Waals surface area contributed by atoms with E-state index in [4.69, 9.17) is 0 Å². The summed E-state index contributed by atoms with van der Waals surface area (Å²) in [7, 11) is 1.73. The number of nitrogens with zero attached hydrogens (tertiary/aromatic N) is 3. The third-order valence-electron chi connectivity index (χ3n) is 5.46. The van der Waals surface area contributed by atoms with Gasteiger partial charge in [0.1, 0.15) is 0 Å². The summed E-state index contributed by atoms with van der Waals surface area (Å²) in [5, 5.41) is 4.48. The molecule has 2 fully saturated rings. The number of rotatable bonds is 1. The molecule has 1 N–H and O–H groups in total. The van der Waals surface area contributed by atoms with Crippen LogP contribution in [0.1, 0.15) is 19.3 Å². The molecule has 2 aromatic rings. The van der Waals surface area contributed by atoms with Crippen LogP contribution in [0.3, 0.4) is 0 Å². The maximum atomic E-state index is 12.6. The minimum atomic E-state index is -0.0719. The first-order valence-corrected chi connectivity index (χ1v) is 9.01. The van der Waals surface area contributed by atoms with Crippen LogP contribution in [0.4, 0.5) is 10.5 Å². The lowest BCUT2D eigenvalue weighted by Gasteiger charge is -2.43. The Kier molecular flexibility index (Phi) is 4.21. The largest absolute Gasteiger partial charge is 0.322 e. The molecule has 2 amide bonds. The summed E-state index contributed by atoms with van der Waals surface area (Å²) in [6, 6.07) is 7.84. The van der Waals surface area contributed by atoms with E-state index < -0.39 is 0 Å². The molecule has 3 heterocycles. The second-order valence-electron chi connectivity index (χ2n) is 7.10. The summed E-state index contributed by atoms with van der Waals surface area (Å²) in [5.74, 6) is 0. The van der Waals surface area contributed by atoms with Gasteiger partial charge in [-0.1, -0.05) is 12.5 Å². The van der Waals surface area contributed by atoms with Gasteiger partial charge in [-0.15, -0.1) is 0 Å². The first kappa shape index (κ1) is 16.1. The molecule has 2 aliphatic heterocycles. The molecule has 1 unspecified atom stereocenters. The standard InChI is InChI=1S/C19H24N4O2/c1-21-9-7-14-5-6-15(12-17(14)18(21)24)20-19(25)23-11-10-22-8-3-2-4-16(22)13-23/h5-7,9,12,16H,2-4,8,10-11,13H2,1H3,(H,20,25). The Balaban J connectivity index is 1.50. The highest BCUT2D eigenvalue weighted by atomic mass is 16.2. The fraction of sp³-hybridized carbons (Fsp3) is 0.474. The number of aryl methyl sites for hydroxylation is 1. The molecule has 2 saturated heterocycles. The second-order valence-corrected chi connectivity index (χ2v) is 7.10. The van der Waals surface area contributed by atoms with Crippen molar-refractivity contribution in [2.24, 2.45) is 7.05 Å². The van der Waals surface area contributed by atoms with Crippen LogP contribution in [0.5, 0.6) is 0 Å². The predicted molar refractivity (Wildman–Crippen MR) is 99.0 cm³/mol. The Morgan fingerprint density at radius 3 is 2.92 bits per heavy atom. The number of anilines is 1. The smallest absolute Gasteiger partial charge is 0.321 e. The van der Waals surface area contributed by atoms with E-state index >= 15 is 0 Å². The van der Waals surface area contributed by atoms with Gasteiger partial charge in [0.25, 0.3) is 5.56 Å². The normalized spacial score (nSPS) is 21.2. The van der Waals surface area contributed by atoms with E-state index in [1.807, 2.05) is 23.1 Å². The van der Waals surface area contributed by atoms with E-state index in [0.29, 0.717) is 17.1 Å². The van der Waals surface area contributed by atoms with Gasteiger partial charge in [0.05, 0.1) is 0 Å². The number of nitrogens with one attached hydrogen (secondary N) is 1. The van der Waals surface area contributed by atoms with E-state index in [2.05, 4.69) is 10.2 Å². The number of piperazine rings is 1. The molecule has 1 aromatic carbocycles. The van der Waals surface area contributed by atoms with Gasteiger partial charge in [0, 0.05) is 50.0 Å². The molecule has 0 radical (unpaired) electrons. The summed E-state index contributed by atoms with van der Waals surface area (Å²) in [6.07, 6.45) is 5.46. The Bertz CT molecular complexity index is 860. The minimum absolute atomic E-state index is 0.0515. The van der Waals surface area contributed by atoms with Gasteiger partial charge in [-0.25, -0.2) is 4.79 Å². The van der Waals surface area contributed by atoms with Crippen molar-refractivity contribution >= 4 is 22.5 Å². The van der Waals surface area contributed by atoms with Crippen molar-refractivity contribution in [2.45, 2.75) is 25.3 Å². The molecule has 6 heteroatoms. The van der Waals surface area contributed by atoms with Gasteiger partial charge in [0.15, 0.2) is 0 Å². The lowest BCUT2D eigenvalue weighted by Crippen LogP contribution is -2.56. The van der Waals surface area contributed by atoms with Gasteiger partial charge in [-0.05, 0) is 43.0 Å². The van der Waals surface area contributed by atoms with Crippen LogP contribution in [0, 0.1) is 0 Å². The molecule has 2 aliphatic rings. The van der Waals surface area contributed by atoms with E-state index in [1.165, 1.54) is 19.3 Å². The van der Waals surface area contributed by atoms with Crippen molar-refractivity contribution in [3.63, 3.8) is 0 Å². The highest BCUT2D eigenvalue weighted by molar-refractivity contribution is 5.93. The molecule has 0 aliphatic carbocycles. The van der Waals surface area contributed by atoms with Crippen LogP contribution in [0.15, 0.2) is 35.3 Å². The average molecular weight is 340 g/mol. The lowest BCUT2D eigenvalue weighted by atomic mass is 10.00. The molecule has 6 nitrogen and oxygen atoms in total. The Labute approximate surface area is 147 Å². The quantitative estimate of drug-likeness (QED) is 0.866. The summed E-state index contributed by atoms with van der Waals surface area (Å²) in [4.78, 5) is 29.3. The Morgan fingerprint density at radius 1 is 1.16 bits per heavy atom. The van der Waals surface area contributed by atoms with Crippen molar-refractivity contribution in [1.82, 2.24) is 14.4 Å². The zero-order valence-corrected chi connectivity index (χ0v) is 14.6. The van der Waals surface area contributed by atoms with Crippen LogP contribution in [0.2, 0.25) is 0 Å². The van der Waals surface area contributed by atoms with Crippen molar-refractivity contribution in [3.8, 4) is 0 Å². The highest BCUT2D eigenvalue weighted by Gasteiger charge is 2.30. The lowest BCUT2D eigenvalue weighted by molar-refractivity contribution is 0.0678. The summed E-state index contributed by atoms with van der Waals surface area (Å²) in [5.41, 5.74) is 0.622. The first-order chi connectivity index (χ1) is 12.1. The van der Waals surface area contributed by atoms with Crippen LogP contribution < -0.4 is 10.9 Å². The number of aromatic nitrogens is 1. The number of carbonyl (C=O) groups excluding carboxylic acids is 1. The van der Waals surface area contributed by atoms with E-state index in [1.54, 1.807) is 23.9 Å². The molecule has 1 atom stereocenters. The second kappa shape index (κ2) is 6.52. The number of amides is 2. The highest BCUT2D eigenvalue weighted by Crippen LogP contribution is 2.22. The van der Waals surface area contributed by atoms with Crippen molar-refractivity contribution in [3.05, 3.63) is 40.8 Å². The number of carbonyl (C=O) groups is 1. The number of piperidine rings is 1. The maximum absolute atomic E-state index is 12.6. The van der Waals surface area contributed by atoms with E-state index in [-0.39, 0.29) is 11.6 Å². The fourth-order valence-electron chi connectivity index (χ4n) is 3.96. The average Bonchev–Trinajstić information content (AvgIpc) is 2.64. The van der Waals surface area contributed by atoms with Gasteiger partial charge < -0.3 is 14.8 Å². The topological polar surface area (TPSA) is 57.6 Å². The summed E-state index contributed by atoms with van der Waals surface area (Å²) >= 11 is 0. The third kappa shape index (κ3) is 3.14. The maximum Gasteiger partial charge on any atom is 0.321 e. The number of hydrogen-bond donors (Lipinski definition) is 1. The van der Waals surface area contributed by atoms with Crippen LogP contribution in [-0.4, -0.2) is 52.6 Å². The minimum Gasteiger partial charge on any atom is -0.322 e. The number of fused-ring (bicyclic) bond motifs is 2. The molecule has 0 spiro atoms. The van der Waals surface area contributed by atoms with Crippen molar-refractivity contribution in [2.75, 3.05) is 31.5 Å². The Morgan fingerprint density at radius 2 is 2.04 bits per heavy atom. The number of pyridine rings is 1. The first-order valence-electron chi connectivity index (χ1n) is 9.01. The number of benzene rings is 1. The van der Waals surface area contributed by atoms with Gasteiger partial charge in [0.2, 0.25) is 0 Å². The predicted octanol–water partition coefficient (Wildman–Crippen LogP) is 2.24. The van der Waals surface area contributed by atoms with Crippen LogP contribution in [-0.2, 0) is 7.05 Å². The number of hydrogen-bond acceptors (Lipinski definition) is 3. The van der Waals surface area contributed by atoms with Gasteiger partial charge in [-0.3, -0.25) is 9.69 Å². The monoisotopic (exact) mass is 340 g/mol. The van der Waals surface area contributed by atoms with Crippen LogP contribution in [0.25, 0.3) is 10.8 Å². The SMILES string of the molecule is Cn1ccc2ccc(NC(=O)N3CCN4CCCCC4C3)cc2c1=O. The zero-order valence-electron chi connectivity index (χ0n) is 14.6. The van der Waals surface area contributed by atoms with Crippen molar-refractivity contribution < 1.29 is 4.79 Å². The van der Waals surface area contributed by atoms with E-state index in [0.717, 1.165) is 31.6 Å². The molecule has 25 heavy (non-hydrogen) atoms. The van der Waals surface area contributed by atoms with Crippen molar-refractivity contribution in [1.29, 1.82) is 0 Å². The van der Waals surface area contributed by atoms with Gasteiger partial charge in [-0.2, -0.15) is 0 Å². The summed E-state index contributed by atoms with van der Waals surface area (Å²) in [6.45, 7) is 3.67. The molecule has 132 valence electrons. The molecule has 1 aromatic heterocycles. The molecule has 0 saturated carbocycles. The third-order valence-corrected chi connectivity index (χ3v) is 5.46.